The molecular weight excluding hydrogens is 307 g/mol. The van der Waals surface area contributed by atoms with Crippen LogP contribution in [0, 0.1) is 5.82 Å². The third-order valence-electron chi connectivity index (χ3n) is 4.92. The van der Waals surface area contributed by atoms with Crippen LogP contribution < -0.4 is 19.3 Å². The van der Waals surface area contributed by atoms with E-state index in [1.54, 1.807) is 21.9 Å². The van der Waals surface area contributed by atoms with Crippen molar-refractivity contribution in [3.8, 4) is 11.5 Å². The molecule has 2 heterocycles. The standard InChI is InChI=1S/C19H21FN2O2/c20-17-4-1-15(2-5-17)12-21-7-9-22(10-8-21)13-16-3-6-18-19(11-16)24-14-23-18/h1-6,11H,7-10,12-14H2/p+2. The Morgan fingerprint density at radius 2 is 1.33 bits per heavy atom. The molecule has 126 valence electrons. The maximum absolute atomic E-state index is 13.0. The van der Waals surface area contributed by atoms with Crippen LogP contribution in [0.1, 0.15) is 11.1 Å². The number of rotatable bonds is 4. The third-order valence-corrected chi connectivity index (χ3v) is 4.92. The number of hydrogen-bond donors (Lipinski definition) is 2. The second-order valence-electron chi connectivity index (χ2n) is 6.67. The van der Waals surface area contributed by atoms with Gasteiger partial charge in [0.2, 0.25) is 6.79 Å². The van der Waals surface area contributed by atoms with Crippen LogP contribution in [0.25, 0.3) is 0 Å². The van der Waals surface area contributed by atoms with Crippen molar-refractivity contribution in [2.24, 2.45) is 0 Å². The van der Waals surface area contributed by atoms with Crippen LogP contribution in [0.4, 0.5) is 4.39 Å². The van der Waals surface area contributed by atoms with Gasteiger partial charge in [0.05, 0.1) is 0 Å². The lowest BCUT2D eigenvalue weighted by Crippen LogP contribution is -3.27. The van der Waals surface area contributed by atoms with Gasteiger partial charge < -0.3 is 19.3 Å². The first-order chi connectivity index (χ1) is 11.8. The summed E-state index contributed by atoms with van der Waals surface area (Å²) in [5.74, 6) is 1.56. The monoisotopic (exact) mass is 330 g/mol. The molecule has 2 aromatic rings. The molecule has 0 saturated carbocycles. The Kier molecular flexibility index (Phi) is 4.36. The summed E-state index contributed by atoms with van der Waals surface area (Å²) in [5, 5.41) is 0. The Balaban J connectivity index is 1.29. The molecule has 24 heavy (non-hydrogen) atoms. The minimum Gasteiger partial charge on any atom is -0.454 e. The van der Waals surface area contributed by atoms with Gasteiger partial charge in [0.15, 0.2) is 11.5 Å². The lowest BCUT2D eigenvalue weighted by molar-refractivity contribution is -1.02. The fraction of sp³-hybridized carbons (Fsp3) is 0.368. The Morgan fingerprint density at radius 1 is 0.750 bits per heavy atom. The second kappa shape index (κ2) is 6.79. The lowest BCUT2D eigenvalue weighted by atomic mass is 10.1. The van der Waals surface area contributed by atoms with E-state index in [1.807, 2.05) is 18.2 Å². The van der Waals surface area contributed by atoms with Gasteiger partial charge in [-0.3, -0.25) is 0 Å². The van der Waals surface area contributed by atoms with E-state index in [2.05, 4.69) is 12.1 Å². The van der Waals surface area contributed by atoms with Crippen molar-refractivity contribution in [3.05, 3.63) is 59.4 Å². The number of piperazine rings is 1. The van der Waals surface area contributed by atoms with Gasteiger partial charge in [0.25, 0.3) is 0 Å². The van der Waals surface area contributed by atoms with Crippen molar-refractivity contribution in [2.75, 3.05) is 33.0 Å². The number of fused-ring (bicyclic) bond motifs is 1. The molecule has 1 saturated heterocycles. The maximum atomic E-state index is 13.0. The zero-order valence-corrected chi connectivity index (χ0v) is 13.7. The molecule has 2 N–H and O–H groups in total. The van der Waals surface area contributed by atoms with E-state index >= 15 is 0 Å². The number of ether oxygens (including phenoxy) is 2. The summed E-state index contributed by atoms with van der Waals surface area (Å²) in [5.41, 5.74) is 2.52. The van der Waals surface area contributed by atoms with E-state index in [4.69, 9.17) is 9.47 Å². The molecular formula is C19H23FN2O2+2. The van der Waals surface area contributed by atoms with Gasteiger partial charge in [-0.05, 0) is 30.3 Å². The Hall–Kier alpha value is -2.11. The topological polar surface area (TPSA) is 27.3 Å². The molecule has 0 unspecified atom stereocenters. The van der Waals surface area contributed by atoms with Crippen molar-refractivity contribution >= 4 is 0 Å². The first-order valence-electron chi connectivity index (χ1n) is 8.56. The molecule has 2 aliphatic heterocycles. The average Bonchev–Trinajstić information content (AvgIpc) is 3.06. The van der Waals surface area contributed by atoms with E-state index in [1.165, 1.54) is 11.1 Å². The van der Waals surface area contributed by atoms with Crippen molar-refractivity contribution in [1.82, 2.24) is 0 Å². The number of quaternary nitrogens is 2. The molecule has 1 fully saturated rings. The Bertz CT molecular complexity index is 697. The fourth-order valence-corrected chi connectivity index (χ4v) is 3.54. The molecule has 0 amide bonds. The molecule has 0 atom stereocenters. The Morgan fingerprint density at radius 3 is 2.04 bits per heavy atom. The smallest absolute Gasteiger partial charge is 0.231 e. The van der Waals surface area contributed by atoms with Crippen LogP contribution in [0.3, 0.4) is 0 Å². The van der Waals surface area contributed by atoms with Gasteiger partial charge >= 0.3 is 0 Å². The minimum atomic E-state index is -0.160. The zero-order valence-electron chi connectivity index (χ0n) is 13.7. The van der Waals surface area contributed by atoms with E-state index in [9.17, 15) is 4.39 Å². The largest absolute Gasteiger partial charge is 0.454 e. The van der Waals surface area contributed by atoms with Gasteiger partial charge in [-0.15, -0.1) is 0 Å². The summed E-state index contributed by atoms with van der Waals surface area (Å²) in [6, 6.07) is 13.1. The molecule has 2 aromatic carbocycles. The van der Waals surface area contributed by atoms with Crippen LogP contribution in [0.5, 0.6) is 11.5 Å². The predicted molar refractivity (Wildman–Crippen MR) is 87.8 cm³/mol. The molecule has 0 spiro atoms. The molecule has 4 nitrogen and oxygen atoms in total. The Labute approximate surface area is 141 Å². The molecule has 0 bridgehead atoms. The van der Waals surface area contributed by atoms with Gasteiger partial charge in [0, 0.05) is 11.1 Å². The summed E-state index contributed by atoms with van der Waals surface area (Å²) in [4.78, 5) is 3.19. The van der Waals surface area contributed by atoms with Crippen molar-refractivity contribution < 1.29 is 23.7 Å². The summed E-state index contributed by atoms with van der Waals surface area (Å²) >= 11 is 0. The number of halogens is 1. The van der Waals surface area contributed by atoms with E-state index in [-0.39, 0.29) is 5.82 Å². The van der Waals surface area contributed by atoms with E-state index < -0.39 is 0 Å². The third kappa shape index (κ3) is 3.52. The average molecular weight is 330 g/mol. The SMILES string of the molecule is Fc1ccc(C[NH+]2CC[NH+](Cc3ccc4c(c3)OCO4)CC2)cc1. The van der Waals surface area contributed by atoms with E-state index in [0.29, 0.717) is 6.79 Å². The van der Waals surface area contributed by atoms with Crippen LogP contribution in [-0.2, 0) is 13.1 Å². The van der Waals surface area contributed by atoms with Gasteiger partial charge in [-0.1, -0.05) is 12.1 Å². The molecule has 0 radical (unpaired) electrons. The molecule has 0 aromatic heterocycles. The summed E-state index contributed by atoms with van der Waals surface area (Å²) in [7, 11) is 0. The summed E-state index contributed by atoms with van der Waals surface area (Å²) in [6.45, 7) is 6.96. The highest BCUT2D eigenvalue weighted by atomic mass is 19.1. The van der Waals surface area contributed by atoms with Crippen LogP contribution in [-0.4, -0.2) is 33.0 Å². The van der Waals surface area contributed by atoms with Gasteiger partial charge in [-0.25, -0.2) is 4.39 Å². The maximum Gasteiger partial charge on any atom is 0.231 e. The molecule has 2 aliphatic rings. The number of nitrogens with one attached hydrogen (secondary N) is 2. The second-order valence-corrected chi connectivity index (χ2v) is 6.67. The number of hydrogen-bond acceptors (Lipinski definition) is 2. The minimum absolute atomic E-state index is 0.160. The van der Waals surface area contributed by atoms with Gasteiger partial charge in [0.1, 0.15) is 45.1 Å². The van der Waals surface area contributed by atoms with Crippen molar-refractivity contribution in [3.63, 3.8) is 0 Å². The first kappa shape index (κ1) is 15.4. The summed E-state index contributed by atoms with van der Waals surface area (Å²) < 4.78 is 23.8. The van der Waals surface area contributed by atoms with E-state index in [0.717, 1.165) is 50.8 Å². The highest BCUT2D eigenvalue weighted by Gasteiger charge is 2.24. The molecule has 4 rings (SSSR count). The van der Waals surface area contributed by atoms with Crippen LogP contribution in [0.15, 0.2) is 42.5 Å². The first-order valence-corrected chi connectivity index (χ1v) is 8.56. The molecule has 0 aliphatic carbocycles. The zero-order chi connectivity index (χ0) is 16.4. The summed E-state index contributed by atoms with van der Waals surface area (Å²) in [6.07, 6.45) is 0. The lowest BCUT2D eigenvalue weighted by Gasteiger charge is -2.29. The van der Waals surface area contributed by atoms with Gasteiger partial charge in [-0.2, -0.15) is 0 Å². The fourth-order valence-electron chi connectivity index (χ4n) is 3.54. The van der Waals surface area contributed by atoms with Crippen molar-refractivity contribution in [2.45, 2.75) is 13.1 Å². The number of benzene rings is 2. The normalized spacial score (nSPS) is 22.5. The van der Waals surface area contributed by atoms with Crippen LogP contribution >= 0.6 is 0 Å². The van der Waals surface area contributed by atoms with Crippen molar-refractivity contribution in [1.29, 1.82) is 0 Å². The quantitative estimate of drug-likeness (QED) is 0.828. The highest BCUT2D eigenvalue weighted by Crippen LogP contribution is 2.32. The molecule has 5 heteroatoms. The predicted octanol–water partition coefficient (Wildman–Crippen LogP) is 0.0380. The highest BCUT2D eigenvalue weighted by molar-refractivity contribution is 5.44. The van der Waals surface area contributed by atoms with Crippen LogP contribution in [0.2, 0.25) is 0 Å².